The average molecular weight is 365 g/mol. The summed E-state index contributed by atoms with van der Waals surface area (Å²) in [7, 11) is 1.69. The minimum Gasteiger partial charge on any atom is -0.497 e. The number of furan rings is 1. The summed E-state index contributed by atoms with van der Waals surface area (Å²) < 4.78 is 19.5. The highest BCUT2D eigenvalue weighted by Crippen LogP contribution is 2.36. The van der Waals surface area contributed by atoms with Crippen LogP contribution in [0.25, 0.3) is 11.3 Å². The van der Waals surface area contributed by atoms with E-state index in [1.807, 2.05) is 30.5 Å². The molecule has 27 heavy (non-hydrogen) atoms. The average Bonchev–Trinajstić information content (AvgIpc) is 3.43. The number of hydrogen-bond donors (Lipinski definition) is 0. The SMILES string of the molecule is COc1cccc(-c2cnc3n2C[C@]2(CCN(Cc4ccco4)C2)OC3)c1. The van der Waals surface area contributed by atoms with Gasteiger partial charge in [-0.2, -0.15) is 0 Å². The molecule has 1 aromatic carbocycles. The van der Waals surface area contributed by atoms with Crippen LogP contribution >= 0.6 is 0 Å². The number of nitrogens with zero attached hydrogens (tertiary/aromatic N) is 3. The zero-order valence-electron chi connectivity index (χ0n) is 15.4. The molecule has 1 fully saturated rings. The first kappa shape index (κ1) is 16.6. The Kier molecular flexibility index (Phi) is 4.02. The number of ether oxygens (including phenoxy) is 2. The molecule has 0 radical (unpaired) electrons. The molecule has 2 aromatic heterocycles. The van der Waals surface area contributed by atoms with Crippen LogP contribution in [-0.2, 0) is 24.4 Å². The summed E-state index contributed by atoms with van der Waals surface area (Å²) >= 11 is 0. The molecular formula is C21H23N3O3. The molecule has 0 N–H and O–H groups in total. The van der Waals surface area contributed by atoms with E-state index in [9.17, 15) is 0 Å². The van der Waals surface area contributed by atoms with Crippen molar-refractivity contribution in [2.45, 2.75) is 31.7 Å². The Morgan fingerprint density at radius 1 is 1.22 bits per heavy atom. The standard InChI is InChI=1S/C21H23N3O3/c1-25-17-5-2-4-16(10-17)19-11-22-20-13-27-21(15-24(19)20)7-8-23(14-21)12-18-6-3-9-26-18/h2-6,9-11H,7-8,12-15H2,1H3/t21-/m1/s1. The smallest absolute Gasteiger partial charge is 0.135 e. The van der Waals surface area contributed by atoms with Crippen LogP contribution in [0.5, 0.6) is 5.75 Å². The number of fused-ring (bicyclic) bond motifs is 1. The summed E-state index contributed by atoms with van der Waals surface area (Å²) in [4.78, 5) is 7.00. The second-order valence-corrected chi connectivity index (χ2v) is 7.39. The quantitative estimate of drug-likeness (QED) is 0.710. The molecule has 6 heteroatoms. The van der Waals surface area contributed by atoms with Crippen molar-refractivity contribution < 1.29 is 13.9 Å². The van der Waals surface area contributed by atoms with Crippen molar-refractivity contribution in [2.24, 2.45) is 0 Å². The highest BCUT2D eigenvalue weighted by Gasteiger charge is 2.43. The summed E-state index contributed by atoms with van der Waals surface area (Å²) in [6, 6.07) is 12.1. The number of likely N-dealkylation sites (tertiary alicyclic amines) is 1. The van der Waals surface area contributed by atoms with Gasteiger partial charge in [0.25, 0.3) is 0 Å². The van der Waals surface area contributed by atoms with E-state index in [1.165, 1.54) is 0 Å². The first-order chi connectivity index (χ1) is 13.2. The summed E-state index contributed by atoms with van der Waals surface area (Å²) in [6.07, 6.45) is 4.70. The molecule has 0 bridgehead atoms. The van der Waals surface area contributed by atoms with Crippen LogP contribution in [0.3, 0.4) is 0 Å². The number of methoxy groups -OCH3 is 1. The van der Waals surface area contributed by atoms with E-state index < -0.39 is 0 Å². The van der Waals surface area contributed by atoms with E-state index in [2.05, 4.69) is 26.6 Å². The van der Waals surface area contributed by atoms with Crippen LogP contribution in [0, 0.1) is 0 Å². The van der Waals surface area contributed by atoms with Crippen LogP contribution in [0.15, 0.2) is 53.3 Å². The number of aromatic nitrogens is 2. The van der Waals surface area contributed by atoms with Gasteiger partial charge in [-0.05, 0) is 30.7 Å². The lowest BCUT2D eigenvalue weighted by molar-refractivity contribution is -0.0823. The Bertz CT molecular complexity index is 934. The third-order valence-electron chi connectivity index (χ3n) is 5.61. The predicted octanol–water partition coefficient (Wildman–Crippen LogP) is 3.33. The molecule has 2 aliphatic heterocycles. The molecule has 140 valence electrons. The van der Waals surface area contributed by atoms with Gasteiger partial charge < -0.3 is 18.5 Å². The van der Waals surface area contributed by atoms with E-state index >= 15 is 0 Å². The maximum absolute atomic E-state index is 6.32. The minimum atomic E-state index is -0.159. The van der Waals surface area contributed by atoms with Crippen LogP contribution in [0.4, 0.5) is 0 Å². The lowest BCUT2D eigenvalue weighted by atomic mass is 10.0. The molecule has 0 aliphatic carbocycles. The first-order valence-electron chi connectivity index (χ1n) is 9.32. The van der Waals surface area contributed by atoms with Gasteiger partial charge in [-0.25, -0.2) is 4.98 Å². The predicted molar refractivity (Wildman–Crippen MR) is 100 cm³/mol. The van der Waals surface area contributed by atoms with Crippen LogP contribution < -0.4 is 4.74 Å². The Morgan fingerprint density at radius 2 is 2.19 bits per heavy atom. The Morgan fingerprint density at radius 3 is 3.04 bits per heavy atom. The van der Waals surface area contributed by atoms with Gasteiger partial charge >= 0.3 is 0 Å². The molecule has 5 rings (SSSR count). The molecule has 0 saturated carbocycles. The zero-order valence-corrected chi connectivity index (χ0v) is 15.4. The number of imidazole rings is 1. The third-order valence-corrected chi connectivity index (χ3v) is 5.61. The molecule has 1 atom stereocenters. The maximum atomic E-state index is 6.32. The summed E-state index contributed by atoms with van der Waals surface area (Å²) in [6.45, 7) is 4.13. The van der Waals surface area contributed by atoms with E-state index in [1.54, 1.807) is 13.4 Å². The van der Waals surface area contributed by atoms with Crippen molar-refractivity contribution >= 4 is 0 Å². The van der Waals surface area contributed by atoms with Gasteiger partial charge in [0.05, 0.1) is 38.4 Å². The van der Waals surface area contributed by atoms with Gasteiger partial charge in [0.2, 0.25) is 0 Å². The molecule has 0 unspecified atom stereocenters. The summed E-state index contributed by atoms with van der Waals surface area (Å²) in [5, 5.41) is 0. The minimum absolute atomic E-state index is 0.159. The van der Waals surface area contributed by atoms with Crippen LogP contribution in [0.2, 0.25) is 0 Å². The van der Waals surface area contributed by atoms with E-state index in [4.69, 9.17) is 13.9 Å². The third kappa shape index (κ3) is 3.05. The topological polar surface area (TPSA) is 52.7 Å². The van der Waals surface area contributed by atoms with Gasteiger partial charge in [0, 0.05) is 18.7 Å². The lowest BCUT2D eigenvalue weighted by Gasteiger charge is -2.35. The van der Waals surface area contributed by atoms with Gasteiger partial charge in [-0.1, -0.05) is 12.1 Å². The molecule has 0 amide bonds. The molecule has 3 aromatic rings. The van der Waals surface area contributed by atoms with E-state index in [0.29, 0.717) is 6.61 Å². The number of rotatable bonds is 4. The second kappa shape index (κ2) is 6.55. The normalized spacial score (nSPS) is 22.3. The molecule has 1 spiro atoms. The van der Waals surface area contributed by atoms with Crippen molar-refractivity contribution in [3.63, 3.8) is 0 Å². The van der Waals surface area contributed by atoms with Crippen LogP contribution in [0.1, 0.15) is 18.0 Å². The van der Waals surface area contributed by atoms with Crippen molar-refractivity contribution in [3.05, 3.63) is 60.4 Å². The Balaban J connectivity index is 1.39. The van der Waals surface area contributed by atoms with E-state index in [-0.39, 0.29) is 5.60 Å². The number of benzene rings is 1. The Labute approximate surface area is 158 Å². The van der Waals surface area contributed by atoms with Gasteiger partial charge in [0.1, 0.15) is 29.5 Å². The molecular weight excluding hydrogens is 342 g/mol. The summed E-state index contributed by atoms with van der Waals surface area (Å²) in [5.41, 5.74) is 2.08. The zero-order chi connectivity index (χ0) is 18.3. The van der Waals surface area contributed by atoms with Gasteiger partial charge in [0.15, 0.2) is 0 Å². The number of hydrogen-bond acceptors (Lipinski definition) is 5. The summed E-state index contributed by atoms with van der Waals surface area (Å²) in [5.74, 6) is 2.85. The fraction of sp³-hybridized carbons (Fsp3) is 0.381. The van der Waals surface area contributed by atoms with Crippen molar-refractivity contribution in [1.82, 2.24) is 14.5 Å². The molecule has 6 nitrogen and oxygen atoms in total. The lowest BCUT2D eigenvalue weighted by Crippen LogP contribution is -2.44. The highest BCUT2D eigenvalue weighted by atomic mass is 16.5. The van der Waals surface area contributed by atoms with E-state index in [0.717, 1.165) is 61.2 Å². The first-order valence-corrected chi connectivity index (χ1v) is 9.32. The highest BCUT2D eigenvalue weighted by molar-refractivity contribution is 5.61. The Hall–Kier alpha value is -2.57. The second-order valence-electron chi connectivity index (χ2n) is 7.39. The van der Waals surface area contributed by atoms with Crippen LogP contribution in [-0.4, -0.2) is 40.3 Å². The maximum Gasteiger partial charge on any atom is 0.135 e. The van der Waals surface area contributed by atoms with Gasteiger partial charge in [-0.15, -0.1) is 0 Å². The largest absolute Gasteiger partial charge is 0.497 e. The monoisotopic (exact) mass is 365 g/mol. The molecule has 4 heterocycles. The fourth-order valence-electron chi connectivity index (χ4n) is 4.20. The van der Waals surface area contributed by atoms with Crippen molar-refractivity contribution in [1.29, 1.82) is 0 Å². The van der Waals surface area contributed by atoms with Crippen molar-refractivity contribution in [3.8, 4) is 17.0 Å². The molecule has 2 aliphatic rings. The fourth-order valence-corrected chi connectivity index (χ4v) is 4.20. The van der Waals surface area contributed by atoms with Gasteiger partial charge in [-0.3, -0.25) is 4.90 Å². The molecule has 1 saturated heterocycles. The van der Waals surface area contributed by atoms with Crippen molar-refractivity contribution in [2.75, 3.05) is 20.2 Å².